The van der Waals surface area contributed by atoms with Gasteiger partial charge in [-0.05, 0) is 51.3 Å². The van der Waals surface area contributed by atoms with Crippen LogP contribution in [0.25, 0.3) is 5.82 Å². The monoisotopic (exact) mass is 342 g/mol. The highest BCUT2D eigenvalue weighted by molar-refractivity contribution is 5.78. The molecule has 7 nitrogen and oxygen atoms in total. The average Bonchev–Trinajstić information content (AvgIpc) is 3.17. The number of nitrogens with one attached hydrogen (secondary N) is 1. The molecule has 1 fully saturated rings. The average molecular weight is 342 g/mol. The molecule has 1 N–H and O–H groups in total. The fraction of sp³-hybridized carbons (Fsp3) is 0.556. The van der Waals surface area contributed by atoms with Gasteiger partial charge in [-0.25, -0.2) is 4.68 Å². The van der Waals surface area contributed by atoms with E-state index in [0.717, 1.165) is 49.6 Å². The molecule has 1 saturated heterocycles. The minimum Gasteiger partial charge on any atom is -0.369 e. The van der Waals surface area contributed by atoms with Crippen LogP contribution in [0, 0.1) is 13.8 Å². The van der Waals surface area contributed by atoms with Gasteiger partial charge in [-0.3, -0.25) is 4.79 Å². The van der Waals surface area contributed by atoms with E-state index in [4.69, 9.17) is 0 Å². The first kappa shape index (κ1) is 17.4. The molecule has 3 heterocycles. The molecule has 7 heteroatoms. The maximum atomic E-state index is 11.9. The lowest BCUT2D eigenvalue weighted by atomic mass is 10.1. The third kappa shape index (κ3) is 3.97. The van der Waals surface area contributed by atoms with Crippen LogP contribution in [-0.2, 0) is 4.79 Å². The predicted octanol–water partition coefficient (Wildman–Crippen LogP) is 2.48. The number of aryl methyl sites for hydroxylation is 2. The molecule has 0 bridgehead atoms. The first-order chi connectivity index (χ1) is 12.1. The molecule has 25 heavy (non-hydrogen) atoms. The smallest absolute Gasteiger partial charge is 0.222 e. The van der Waals surface area contributed by atoms with E-state index in [0.29, 0.717) is 24.2 Å². The van der Waals surface area contributed by atoms with Crippen LogP contribution in [0.2, 0.25) is 0 Å². The lowest BCUT2D eigenvalue weighted by molar-refractivity contribution is -0.129. The summed E-state index contributed by atoms with van der Waals surface area (Å²) in [6.45, 7) is 7.77. The number of likely N-dealkylation sites (tertiary alicyclic amines) is 1. The van der Waals surface area contributed by atoms with Gasteiger partial charge >= 0.3 is 0 Å². The molecule has 1 atom stereocenters. The van der Waals surface area contributed by atoms with Gasteiger partial charge in [-0.2, -0.15) is 5.10 Å². The zero-order chi connectivity index (χ0) is 17.8. The molecule has 134 valence electrons. The number of hydrogen-bond donors (Lipinski definition) is 1. The number of rotatable bonds is 7. The summed E-state index contributed by atoms with van der Waals surface area (Å²) >= 11 is 0. The van der Waals surface area contributed by atoms with Crippen molar-refractivity contribution in [2.75, 3.05) is 18.4 Å². The highest BCUT2D eigenvalue weighted by Crippen LogP contribution is 2.18. The van der Waals surface area contributed by atoms with Crippen molar-refractivity contribution in [3.8, 4) is 5.82 Å². The van der Waals surface area contributed by atoms with E-state index >= 15 is 0 Å². The summed E-state index contributed by atoms with van der Waals surface area (Å²) in [5.41, 5.74) is 2.00. The lowest BCUT2D eigenvalue weighted by Gasteiger charge is -2.26. The van der Waals surface area contributed by atoms with Crippen molar-refractivity contribution in [2.45, 2.75) is 52.5 Å². The van der Waals surface area contributed by atoms with Crippen LogP contribution in [0.1, 0.15) is 44.0 Å². The molecule has 0 radical (unpaired) electrons. The van der Waals surface area contributed by atoms with Crippen LogP contribution in [0.4, 0.5) is 5.82 Å². The van der Waals surface area contributed by atoms with Crippen molar-refractivity contribution < 1.29 is 4.79 Å². The molecule has 0 aliphatic carbocycles. The van der Waals surface area contributed by atoms with Crippen LogP contribution in [0.15, 0.2) is 18.2 Å². The second-order valence-corrected chi connectivity index (χ2v) is 6.58. The molecule has 1 amide bonds. The van der Waals surface area contributed by atoms with Crippen LogP contribution >= 0.6 is 0 Å². The van der Waals surface area contributed by atoms with Gasteiger partial charge in [0.05, 0.1) is 5.69 Å². The highest BCUT2D eigenvalue weighted by atomic mass is 16.2. The Morgan fingerprint density at radius 3 is 2.68 bits per heavy atom. The number of carbonyl (C=O) groups is 1. The van der Waals surface area contributed by atoms with Crippen LogP contribution in [0.5, 0.6) is 0 Å². The SMILES string of the molecule is CC[C@@H](CCNc1ccc(-n2nc(C)cc2C)nn1)N1CCCC1=O. The molecule has 1 aliphatic rings. The molecular weight excluding hydrogens is 316 g/mol. The first-order valence-electron chi connectivity index (χ1n) is 8.99. The van der Waals surface area contributed by atoms with Gasteiger partial charge in [0, 0.05) is 31.2 Å². The van der Waals surface area contributed by atoms with Crippen molar-refractivity contribution >= 4 is 11.7 Å². The number of anilines is 1. The Kier molecular flexibility index (Phi) is 5.31. The third-order valence-corrected chi connectivity index (χ3v) is 4.68. The summed E-state index contributed by atoms with van der Waals surface area (Å²) in [6, 6.07) is 6.15. The number of aromatic nitrogens is 4. The van der Waals surface area contributed by atoms with Crippen molar-refractivity contribution in [1.29, 1.82) is 0 Å². The maximum Gasteiger partial charge on any atom is 0.222 e. The number of carbonyl (C=O) groups excluding carboxylic acids is 1. The maximum absolute atomic E-state index is 11.9. The number of amides is 1. The van der Waals surface area contributed by atoms with E-state index in [1.54, 1.807) is 4.68 Å². The Morgan fingerprint density at radius 2 is 2.12 bits per heavy atom. The molecule has 0 saturated carbocycles. The summed E-state index contributed by atoms with van der Waals surface area (Å²) in [4.78, 5) is 13.9. The normalized spacial score (nSPS) is 15.6. The second-order valence-electron chi connectivity index (χ2n) is 6.58. The van der Waals surface area contributed by atoms with Gasteiger partial charge in [0.2, 0.25) is 5.91 Å². The summed E-state index contributed by atoms with van der Waals surface area (Å²) < 4.78 is 1.79. The highest BCUT2D eigenvalue weighted by Gasteiger charge is 2.26. The van der Waals surface area contributed by atoms with Gasteiger partial charge in [-0.15, -0.1) is 10.2 Å². The summed E-state index contributed by atoms with van der Waals surface area (Å²) in [7, 11) is 0. The van der Waals surface area contributed by atoms with Crippen molar-refractivity contribution in [1.82, 2.24) is 24.9 Å². The zero-order valence-corrected chi connectivity index (χ0v) is 15.2. The van der Waals surface area contributed by atoms with E-state index < -0.39 is 0 Å². The standard InChI is InChI=1S/C18H26N6O/c1-4-15(23-11-5-6-18(23)25)9-10-19-16-7-8-17(21-20-16)24-14(3)12-13(2)22-24/h7-8,12,15H,4-6,9-11H2,1-3H3,(H,19,20)/t15-/m0/s1. The zero-order valence-electron chi connectivity index (χ0n) is 15.2. The second kappa shape index (κ2) is 7.63. The van der Waals surface area contributed by atoms with Crippen molar-refractivity contribution in [3.05, 3.63) is 29.6 Å². The fourth-order valence-corrected chi connectivity index (χ4v) is 3.40. The van der Waals surface area contributed by atoms with E-state index in [9.17, 15) is 4.79 Å². The van der Waals surface area contributed by atoms with Crippen molar-refractivity contribution in [2.24, 2.45) is 0 Å². The van der Waals surface area contributed by atoms with Gasteiger partial charge in [0.15, 0.2) is 5.82 Å². The Balaban J connectivity index is 1.55. The van der Waals surface area contributed by atoms with Crippen LogP contribution in [-0.4, -0.2) is 49.9 Å². The quantitative estimate of drug-likeness (QED) is 0.836. The molecule has 0 spiro atoms. The van der Waals surface area contributed by atoms with Crippen LogP contribution in [0.3, 0.4) is 0 Å². The van der Waals surface area contributed by atoms with E-state index in [-0.39, 0.29) is 0 Å². The largest absolute Gasteiger partial charge is 0.369 e. The Bertz CT molecular complexity index is 724. The predicted molar refractivity (Wildman–Crippen MR) is 96.8 cm³/mol. The summed E-state index contributed by atoms with van der Waals surface area (Å²) in [5, 5.41) is 16.2. The van der Waals surface area contributed by atoms with Gasteiger partial charge < -0.3 is 10.2 Å². The summed E-state index contributed by atoms with van der Waals surface area (Å²) in [5.74, 6) is 1.75. The minimum atomic E-state index is 0.292. The molecule has 2 aromatic rings. The van der Waals surface area contributed by atoms with E-state index in [2.05, 4.69) is 27.5 Å². The summed E-state index contributed by atoms with van der Waals surface area (Å²) in [6.07, 6.45) is 3.59. The molecule has 0 unspecified atom stereocenters. The molecule has 0 aromatic carbocycles. The molecular formula is C18H26N6O. The Morgan fingerprint density at radius 1 is 1.28 bits per heavy atom. The lowest BCUT2D eigenvalue weighted by Crippen LogP contribution is -2.37. The van der Waals surface area contributed by atoms with E-state index in [1.165, 1.54) is 0 Å². The molecule has 1 aliphatic heterocycles. The van der Waals surface area contributed by atoms with E-state index in [1.807, 2.05) is 36.9 Å². The van der Waals surface area contributed by atoms with Gasteiger partial charge in [0.1, 0.15) is 5.82 Å². The van der Waals surface area contributed by atoms with Gasteiger partial charge in [-0.1, -0.05) is 6.92 Å². The Hall–Kier alpha value is -2.44. The Labute approximate surface area is 148 Å². The molecule has 2 aromatic heterocycles. The number of nitrogens with zero attached hydrogens (tertiary/aromatic N) is 5. The fourth-order valence-electron chi connectivity index (χ4n) is 3.40. The first-order valence-corrected chi connectivity index (χ1v) is 8.99. The van der Waals surface area contributed by atoms with Crippen LogP contribution < -0.4 is 5.32 Å². The molecule has 3 rings (SSSR count). The van der Waals surface area contributed by atoms with Crippen molar-refractivity contribution in [3.63, 3.8) is 0 Å². The third-order valence-electron chi connectivity index (χ3n) is 4.68. The van der Waals surface area contributed by atoms with Gasteiger partial charge in [0.25, 0.3) is 0 Å². The topological polar surface area (TPSA) is 75.9 Å². The minimum absolute atomic E-state index is 0.292. The number of hydrogen-bond acceptors (Lipinski definition) is 5.